The van der Waals surface area contributed by atoms with Gasteiger partial charge < -0.3 is 0 Å². The van der Waals surface area contributed by atoms with E-state index in [1.807, 2.05) is 11.9 Å². The summed E-state index contributed by atoms with van der Waals surface area (Å²) >= 11 is 1.89. The zero-order chi connectivity index (χ0) is 14.7. The minimum Gasteiger partial charge on any atom is -0.264 e. The quantitative estimate of drug-likeness (QED) is 0.236. The fraction of sp³-hybridized carbons (Fsp3) is 1.00. The van der Waals surface area contributed by atoms with Crippen LogP contribution >= 0.6 is 11.9 Å². The van der Waals surface area contributed by atoms with Gasteiger partial charge in [0.2, 0.25) is 0 Å². The average molecular weight is 302 g/mol. The van der Waals surface area contributed by atoms with Crippen molar-refractivity contribution in [3.05, 3.63) is 0 Å². The van der Waals surface area contributed by atoms with E-state index in [0.29, 0.717) is 0 Å². The van der Waals surface area contributed by atoms with Crippen LogP contribution in [0.15, 0.2) is 0 Å². The normalized spacial score (nSPS) is 11.1. The van der Waals surface area contributed by atoms with Crippen LogP contribution in [0.1, 0.15) is 104 Å². The van der Waals surface area contributed by atoms with Crippen LogP contribution in [0.5, 0.6) is 0 Å². The molecule has 0 aromatic carbocycles. The minimum absolute atomic E-state index is 1.09. The van der Waals surface area contributed by atoms with Gasteiger partial charge in [0.05, 0.1) is 0 Å². The number of rotatable bonds is 17. The van der Waals surface area contributed by atoms with Crippen molar-refractivity contribution < 1.29 is 0 Å². The fourth-order valence-electron chi connectivity index (χ4n) is 2.54. The van der Waals surface area contributed by atoms with Gasteiger partial charge in [-0.3, -0.25) is 4.72 Å². The summed E-state index contributed by atoms with van der Waals surface area (Å²) in [7, 11) is 0. The molecule has 0 radical (unpaired) electrons. The lowest BCUT2D eigenvalue weighted by Gasteiger charge is -2.03. The molecular weight excluding hydrogens is 262 g/mol. The van der Waals surface area contributed by atoms with E-state index in [4.69, 9.17) is 0 Å². The van der Waals surface area contributed by atoms with E-state index < -0.39 is 0 Å². The topological polar surface area (TPSA) is 12.0 Å². The molecule has 0 aliphatic rings. The monoisotopic (exact) mass is 301 g/mol. The van der Waals surface area contributed by atoms with Gasteiger partial charge in [-0.1, -0.05) is 109 Å². The summed E-state index contributed by atoms with van der Waals surface area (Å²) in [5, 5.41) is 0. The number of nitrogens with one attached hydrogen (secondary N) is 1. The van der Waals surface area contributed by atoms with Crippen LogP contribution in [0.3, 0.4) is 0 Å². The number of hydrogen-bond donors (Lipinski definition) is 1. The Morgan fingerprint density at radius 2 is 0.950 bits per heavy atom. The maximum absolute atomic E-state index is 3.31. The van der Waals surface area contributed by atoms with Gasteiger partial charge >= 0.3 is 0 Å². The van der Waals surface area contributed by atoms with E-state index in [9.17, 15) is 0 Å². The molecule has 0 heterocycles. The molecule has 0 aliphatic carbocycles. The molecule has 0 fully saturated rings. The van der Waals surface area contributed by atoms with Crippen molar-refractivity contribution in [2.24, 2.45) is 0 Å². The minimum atomic E-state index is 1.09. The Morgan fingerprint density at radius 1 is 0.550 bits per heavy atom. The van der Waals surface area contributed by atoms with Crippen molar-refractivity contribution in [2.75, 3.05) is 12.3 Å². The van der Waals surface area contributed by atoms with Crippen LogP contribution in [-0.2, 0) is 0 Å². The maximum Gasteiger partial charge on any atom is 0.00786 e. The van der Waals surface area contributed by atoms with Gasteiger partial charge in [-0.05, 0) is 6.42 Å². The molecule has 20 heavy (non-hydrogen) atoms. The lowest BCUT2D eigenvalue weighted by atomic mass is 10.0. The van der Waals surface area contributed by atoms with Crippen LogP contribution in [0, 0.1) is 0 Å². The molecule has 0 rings (SSSR count). The highest BCUT2D eigenvalue weighted by Crippen LogP contribution is 2.13. The zero-order valence-corrected chi connectivity index (χ0v) is 15.0. The van der Waals surface area contributed by atoms with E-state index in [0.717, 1.165) is 6.54 Å². The highest BCUT2D eigenvalue weighted by atomic mass is 32.2. The van der Waals surface area contributed by atoms with E-state index >= 15 is 0 Å². The van der Waals surface area contributed by atoms with Gasteiger partial charge in [-0.2, -0.15) is 0 Å². The second kappa shape index (κ2) is 19.3. The number of unbranched alkanes of at least 4 members (excludes halogenated alkanes) is 13. The Morgan fingerprint density at radius 3 is 1.35 bits per heavy atom. The second-order valence-corrected chi connectivity index (χ2v) is 6.93. The Labute approximate surface area is 133 Å². The molecule has 0 spiro atoms. The van der Waals surface area contributed by atoms with Crippen molar-refractivity contribution in [3.63, 3.8) is 0 Å². The SMILES string of the molecule is CCCCCCCCCCCCCCCCSNCC. The molecule has 0 bridgehead atoms. The van der Waals surface area contributed by atoms with Crippen molar-refractivity contribution in [1.82, 2.24) is 4.72 Å². The van der Waals surface area contributed by atoms with Gasteiger partial charge in [-0.15, -0.1) is 0 Å². The van der Waals surface area contributed by atoms with Crippen LogP contribution < -0.4 is 4.72 Å². The van der Waals surface area contributed by atoms with Crippen molar-refractivity contribution in [3.8, 4) is 0 Å². The highest BCUT2D eigenvalue weighted by molar-refractivity contribution is 7.97. The lowest BCUT2D eigenvalue weighted by molar-refractivity contribution is 0.538. The molecule has 0 aromatic rings. The Balaban J connectivity index is 2.89. The van der Waals surface area contributed by atoms with Gasteiger partial charge in [0.25, 0.3) is 0 Å². The van der Waals surface area contributed by atoms with Gasteiger partial charge in [0, 0.05) is 12.3 Å². The zero-order valence-electron chi connectivity index (χ0n) is 14.2. The molecule has 122 valence electrons. The molecule has 1 N–H and O–H groups in total. The summed E-state index contributed by atoms with van der Waals surface area (Å²) < 4.78 is 3.31. The third-order valence-electron chi connectivity index (χ3n) is 3.85. The van der Waals surface area contributed by atoms with Crippen LogP contribution in [0.2, 0.25) is 0 Å². The molecule has 1 nitrogen and oxygen atoms in total. The van der Waals surface area contributed by atoms with Gasteiger partial charge in [0.15, 0.2) is 0 Å². The highest BCUT2D eigenvalue weighted by Gasteiger charge is 1.94. The molecule has 0 saturated carbocycles. The standard InChI is InChI=1S/C18H39NS/c1-3-5-6-7-8-9-10-11-12-13-14-15-16-17-18-20-19-4-2/h19H,3-18H2,1-2H3. The van der Waals surface area contributed by atoms with Gasteiger partial charge in [0.1, 0.15) is 0 Å². The predicted molar refractivity (Wildman–Crippen MR) is 96.4 cm³/mol. The van der Waals surface area contributed by atoms with Crippen molar-refractivity contribution >= 4 is 11.9 Å². The molecule has 0 aromatic heterocycles. The first-order chi connectivity index (χ1) is 9.91. The first-order valence-corrected chi connectivity index (χ1v) is 10.2. The fourth-order valence-corrected chi connectivity index (χ4v) is 3.24. The summed E-state index contributed by atoms with van der Waals surface area (Å²) in [6.07, 6.45) is 20.3. The molecule has 0 aliphatic heterocycles. The molecule has 2 heteroatoms. The summed E-state index contributed by atoms with van der Waals surface area (Å²) in [6.45, 7) is 5.54. The molecule has 0 amide bonds. The van der Waals surface area contributed by atoms with Crippen LogP contribution in [0.25, 0.3) is 0 Å². The maximum atomic E-state index is 3.31. The molecule has 0 unspecified atom stereocenters. The first kappa shape index (κ1) is 20.3. The summed E-state index contributed by atoms with van der Waals surface area (Å²) in [5.74, 6) is 1.28. The number of hydrogen-bond acceptors (Lipinski definition) is 2. The van der Waals surface area contributed by atoms with E-state index in [1.165, 1.54) is 95.6 Å². The van der Waals surface area contributed by atoms with Crippen LogP contribution in [0.4, 0.5) is 0 Å². The van der Waals surface area contributed by atoms with E-state index in [2.05, 4.69) is 18.6 Å². The van der Waals surface area contributed by atoms with E-state index in [-0.39, 0.29) is 0 Å². The Hall–Kier alpha value is 0.310. The largest absolute Gasteiger partial charge is 0.264 e. The van der Waals surface area contributed by atoms with Gasteiger partial charge in [-0.25, -0.2) is 0 Å². The smallest absolute Gasteiger partial charge is 0.00786 e. The summed E-state index contributed by atoms with van der Waals surface area (Å²) in [6, 6.07) is 0. The molecule has 0 saturated heterocycles. The lowest BCUT2D eigenvalue weighted by Crippen LogP contribution is -2.01. The average Bonchev–Trinajstić information content (AvgIpc) is 2.47. The third-order valence-corrected chi connectivity index (χ3v) is 4.83. The summed E-state index contributed by atoms with van der Waals surface area (Å²) in [5.41, 5.74) is 0. The summed E-state index contributed by atoms with van der Waals surface area (Å²) in [4.78, 5) is 0. The third kappa shape index (κ3) is 18.3. The Kier molecular flexibility index (Phi) is 19.6. The first-order valence-electron chi connectivity index (χ1n) is 9.26. The van der Waals surface area contributed by atoms with Crippen LogP contribution in [-0.4, -0.2) is 12.3 Å². The molecule has 0 atom stereocenters. The van der Waals surface area contributed by atoms with Crippen molar-refractivity contribution in [2.45, 2.75) is 104 Å². The predicted octanol–water partition coefficient (Wildman–Crippen LogP) is 6.73. The van der Waals surface area contributed by atoms with Crippen molar-refractivity contribution in [1.29, 1.82) is 0 Å². The second-order valence-electron chi connectivity index (χ2n) is 5.94. The molecular formula is C18H39NS. The van der Waals surface area contributed by atoms with E-state index in [1.54, 1.807) is 0 Å². The Bertz CT molecular complexity index is 143.